The van der Waals surface area contributed by atoms with E-state index in [1.165, 1.54) is 25.7 Å². The zero-order valence-corrected chi connectivity index (χ0v) is 14.2. The van der Waals surface area contributed by atoms with Crippen molar-refractivity contribution in [1.29, 1.82) is 0 Å². The molecular formula is C17H26N2O2S. The molecule has 4 nitrogen and oxygen atoms in total. The first kappa shape index (κ1) is 15.9. The van der Waals surface area contributed by atoms with Crippen molar-refractivity contribution >= 4 is 17.2 Å². The van der Waals surface area contributed by atoms with Crippen molar-refractivity contribution in [1.82, 2.24) is 9.88 Å². The Labute approximate surface area is 136 Å². The summed E-state index contributed by atoms with van der Waals surface area (Å²) >= 11 is 1.65. The molecule has 0 aromatic carbocycles. The Kier molecular flexibility index (Phi) is 5.47. The Hall–Kier alpha value is -0.940. The van der Waals surface area contributed by atoms with Gasteiger partial charge in [-0.1, -0.05) is 19.8 Å². The van der Waals surface area contributed by atoms with Crippen LogP contribution < -0.4 is 0 Å². The number of hydrogen-bond acceptors (Lipinski definition) is 4. The van der Waals surface area contributed by atoms with Crippen molar-refractivity contribution in [2.75, 3.05) is 13.2 Å². The number of amides is 1. The van der Waals surface area contributed by atoms with Crippen molar-refractivity contribution in [2.45, 2.75) is 64.0 Å². The van der Waals surface area contributed by atoms with E-state index in [2.05, 4.69) is 11.9 Å². The van der Waals surface area contributed by atoms with E-state index in [1.807, 2.05) is 16.5 Å². The highest BCUT2D eigenvalue weighted by atomic mass is 32.1. The lowest BCUT2D eigenvalue weighted by Crippen LogP contribution is -2.41. The van der Waals surface area contributed by atoms with E-state index in [4.69, 9.17) is 4.74 Å². The van der Waals surface area contributed by atoms with Gasteiger partial charge in [-0.3, -0.25) is 4.79 Å². The number of piperidine rings is 1. The predicted octanol–water partition coefficient (Wildman–Crippen LogP) is 3.79. The highest BCUT2D eigenvalue weighted by Gasteiger charge is 2.30. The zero-order chi connectivity index (χ0) is 15.4. The van der Waals surface area contributed by atoms with Gasteiger partial charge >= 0.3 is 0 Å². The van der Waals surface area contributed by atoms with Crippen LogP contribution >= 0.6 is 11.3 Å². The number of hydrogen-bond donors (Lipinski definition) is 0. The molecule has 2 aliphatic rings. The third kappa shape index (κ3) is 3.69. The number of ether oxygens (including phenoxy) is 1. The third-order valence-corrected chi connectivity index (χ3v) is 5.89. The van der Waals surface area contributed by atoms with Crippen molar-refractivity contribution in [3.05, 3.63) is 16.6 Å². The number of aromatic nitrogens is 1. The van der Waals surface area contributed by atoms with Gasteiger partial charge in [0.05, 0.1) is 12.1 Å². The lowest BCUT2D eigenvalue weighted by atomic mass is 9.88. The molecule has 1 amide bonds. The smallest absolute Gasteiger partial charge is 0.249 e. The second kappa shape index (κ2) is 7.55. The van der Waals surface area contributed by atoms with Gasteiger partial charge in [0, 0.05) is 18.1 Å². The summed E-state index contributed by atoms with van der Waals surface area (Å²) in [6.45, 7) is 3.32. The maximum atomic E-state index is 12.6. The number of likely N-dealkylation sites (tertiary alicyclic amines) is 1. The minimum Gasteiger partial charge on any atom is -0.368 e. The van der Waals surface area contributed by atoms with Gasteiger partial charge in [0.2, 0.25) is 5.91 Å². The van der Waals surface area contributed by atoms with Crippen LogP contribution in [0.5, 0.6) is 0 Å². The molecule has 1 saturated heterocycles. The molecule has 2 heterocycles. The maximum Gasteiger partial charge on any atom is 0.249 e. The summed E-state index contributed by atoms with van der Waals surface area (Å²) in [7, 11) is 0. The molecule has 0 bridgehead atoms. The van der Waals surface area contributed by atoms with E-state index in [1.54, 1.807) is 11.3 Å². The lowest BCUT2D eigenvalue weighted by Gasteiger charge is -2.35. The van der Waals surface area contributed by atoms with E-state index < -0.39 is 0 Å². The molecule has 3 rings (SSSR count). The van der Waals surface area contributed by atoms with Crippen LogP contribution in [0.3, 0.4) is 0 Å². The molecule has 5 heteroatoms. The number of carbonyl (C=O) groups excluding carboxylic acids is 1. The van der Waals surface area contributed by atoms with Gasteiger partial charge in [0.15, 0.2) is 0 Å². The van der Waals surface area contributed by atoms with Crippen LogP contribution in [-0.2, 0) is 9.53 Å². The summed E-state index contributed by atoms with van der Waals surface area (Å²) in [6, 6.07) is 0.161. The molecule has 1 aliphatic carbocycles. The highest BCUT2D eigenvalue weighted by molar-refractivity contribution is 7.09. The first-order valence-electron chi connectivity index (χ1n) is 8.56. The molecule has 0 spiro atoms. The van der Waals surface area contributed by atoms with Crippen LogP contribution in [0.15, 0.2) is 11.6 Å². The predicted molar refractivity (Wildman–Crippen MR) is 87.8 cm³/mol. The summed E-state index contributed by atoms with van der Waals surface area (Å²) in [4.78, 5) is 19.0. The molecule has 1 aromatic heterocycles. The van der Waals surface area contributed by atoms with Crippen LogP contribution in [0, 0.1) is 5.92 Å². The Morgan fingerprint density at radius 2 is 2.14 bits per heavy atom. The molecule has 0 N–H and O–H groups in total. The molecule has 1 aromatic rings. The van der Waals surface area contributed by atoms with Gasteiger partial charge in [0.25, 0.3) is 0 Å². The molecule has 22 heavy (non-hydrogen) atoms. The van der Waals surface area contributed by atoms with Crippen molar-refractivity contribution < 1.29 is 9.53 Å². The topological polar surface area (TPSA) is 42.4 Å². The molecule has 2 fully saturated rings. The van der Waals surface area contributed by atoms with Crippen LogP contribution in [0.2, 0.25) is 0 Å². The van der Waals surface area contributed by atoms with Gasteiger partial charge in [-0.25, -0.2) is 4.98 Å². The fourth-order valence-electron chi connectivity index (χ4n) is 3.68. The second-order valence-electron chi connectivity index (χ2n) is 6.58. The monoisotopic (exact) mass is 322 g/mol. The van der Waals surface area contributed by atoms with Crippen molar-refractivity contribution in [3.8, 4) is 0 Å². The fraction of sp³-hybridized carbons (Fsp3) is 0.765. The summed E-state index contributed by atoms with van der Waals surface area (Å²) in [5.74, 6) is 0.718. The lowest BCUT2D eigenvalue weighted by molar-refractivity contribution is -0.144. The average molecular weight is 322 g/mol. The Morgan fingerprint density at radius 1 is 1.32 bits per heavy atom. The second-order valence-corrected chi connectivity index (χ2v) is 7.51. The van der Waals surface area contributed by atoms with Crippen LogP contribution in [-0.4, -0.2) is 35.0 Å². The molecule has 1 aliphatic heterocycles. The Balaban J connectivity index is 1.57. The number of rotatable bonds is 4. The molecule has 1 saturated carbocycles. The minimum absolute atomic E-state index is 0.137. The summed E-state index contributed by atoms with van der Waals surface area (Å²) < 4.78 is 5.97. The number of nitrogens with zero attached hydrogens (tertiary/aromatic N) is 2. The van der Waals surface area contributed by atoms with Crippen LogP contribution in [0.25, 0.3) is 0 Å². The molecular weight excluding hydrogens is 296 g/mol. The van der Waals surface area contributed by atoms with Gasteiger partial charge in [-0.05, 0) is 38.0 Å². The third-order valence-electron chi connectivity index (χ3n) is 5.01. The van der Waals surface area contributed by atoms with E-state index in [9.17, 15) is 4.79 Å². The van der Waals surface area contributed by atoms with Gasteiger partial charge in [-0.2, -0.15) is 0 Å². The van der Waals surface area contributed by atoms with E-state index >= 15 is 0 Å². The maximum absolute atomic E-state index is 12.6. The Morgan fingerprint density at radius 3 is 2.91 bits per heavy atom. The normalized spacial score (nSPS) is 29.5. The molecule has 0 unspecified atom stereocenters. The molecule has 3 atom stereocenters. The van der Waals surface area contributed by atoms with Crippen molar-refractivity contribution in [3.63, 3.8) is 0 Å². The molecule has 0 radical (unpaired) electrons. The van der Waals surface area contributed by atoms with E-state index in [-0.39, 0.29) is 24.7 Å². The number of carbonyl (C=O) groups is 1. The van der Waals surface area contributed by atoms with Crippen molar-refractivity contribution in [2.24, 2.45) is 5.92 Å². The van der Waals surface area contributed by atoms with Gasteiger partial charge < -0.3 is 9.64 Å². The fourth-order valence-corrected chi connectivity index (χ4v) is 4.46. The largest absolute Gasteiger partial charge is 0.368 e. The minimum atomic E-state index is 0.137. The van der Waals surface area contributed by atoms with Crippen LogP contribution in [0.4, 0.5) is 0 Å². The van der Waals surface area contributed by atoms with E-state index in [0.29, 0.717) is 5.92 Å². The van der Waals surface area contributed by atoms with Gasteiger partial charge in [-0.15, -0.1) is 11.3 Å². The summed E-state index contributed by atoms with van der Waals surface area (Å²) in [5, 5.41) is 3.06. The zero-order valence-electron chi connectivity index (χ0n) is 13.4. The van der Waals surface area contributed by atoms with Gasteiger partial charge in [0.1, 0.15) is 11.6 Å². The Bertz CT molecular complexity index is 477. The quantitative estimate of drug-likeness (QED) is 0.847. The highest BCUT2D eigenvalue weighted by Crippen LogP contribution is 2.32. The SMILES string of the molecule is C[C@@H]1CCCC[C@H]1OCC(=O)N1CCCC[C@H]1c1nccs1. The van der Waals surface area contributed by atoms with E-state index in [0.717, 1.165) is 30.8 Å². The molecule has 122 valence electrons. The number of thiazole rings is 1. The first-order chi connectivity index (χ1) is 10.8. The average Bonchev–Trinajstić information content (AvgIpc) is 3.08. The first-order valence-corrected chi connectivity index (χ1v) is 9.44. The van der Waals surface area contributed by atoms with Crippen LogP contribution in [0.1, 0.15) is 62.9 Å². The summed E-state index contributed by atoms with van der Waals surface area (Å²) in [5.41, 5.74) is 0. The summed E-state index contributed by atoms with van der Waals surface area (Å²) in [6.07, 6.45) is 10.2. The standard InChI is InChI=1S/C17H26N2O2S/c1-13-6-2-3-8-15(13)21-12-16(20)19-10-5-4-7-14(19)17-18-9-11-22-17/h9,11,13-15H,2-8,10,12H2,1H3/t13-,14+,15-/m1/s1.